The molecule has 100 valence electrons. The van der Waals surface area contributed by atoms with E-state index in [0.29, 0.717) is 23.3 Å². The van der Waals surface area contributed by atoms with Gasteiger partial charge in [0.1, 0.15) is 4.47 Å². The molecule has 5 heteroatoms. The summed E-state index contributed by atoms with van der Waals surface area (Å²) in [6.45, 7) is 13.2. The van der Waals surface area contributed by atoms with Crippen LogP contribution in [0.2, 0.25) is 0 Å². The van der Waals surface area contributed by atoms with Crippen LogP contribution >= 0.6 is 15.9 Å². The first-order valence-corrected chi connectivity index (χ1v) is 6.63. The van der Waals surface area contributed by atoms with Gasteiger partial charge in [-0.2, -0.15) is 0 Å². The van der Waals surface area contributed by atoms with Crippen LogP contribution < -0.4 is 10.9 Å². The number of rotatable bonds is 4. The Morgan fingerprint density at radius 3 is 2.72 bits per heavy atom. The van der Waals surface area contributed by atoms with Gasteiger partial charge in [-0.1, -0.05) is 6.58 Å². The number of halogens is 1. The summed E-state index contributed by atoms with van der Waals surface area (Å²) >= 11 is 3.25. The van der Waals surface area contributed by atoms with Gasteiger partial charge in [0.05, 0.1) is 12.0 Å². The molecule has 1 N–H and O–H groups in total. The summed E-state index contributed by atoms with van der Waals surface area (Å²) < 4.78 is 2.07. The molecule has 0 aliphatic rings. The molecule has 1 aromatic rings. The van der Waals surface area contributed by atoms with Crippen LogP contribution in [0, 0.1) is 6.92 Å². The van der Waals surface area contributed by atoms with Crippen LogP contribution in [0.3, 0.4) is 0 Å². The Kier molecular flexibility index (Phi) is 4.87. The Morgan fingerprint density at radius 2 is 2.17 bits per heavy atom. The van der Waals surface area contributed by atoms with E-state index in [0.717, 1.165) is 5.57 Å². The normalized spacial score (nSPS) is 11.6. The molecule has 0 spiro atoms. The minimum absolute atomic E-state index is 0.0417. The van der Waals surface area contributed by atoms with Crippen molar-refractivity contribution in [2.45, 2.75) is 39.8 Å². The fourth-order valence-electron chi connectivity index (χ4n) is 1.35. The number of nitrogens with zero attached hydrogens (tertiary/aromatic N) is 2. The van der Waals surface area contributed by atoms with Gasteiger partial charge in [-0.15, -0.1) is 0 Å². The molecule has 0 saturated heterocycles. The van der Waals surface area contributed by atoms with E-state index in [2.05, 4.69) is 53.6 Å². The Labute approximate surface area is 116 Å². The van der Waals surface area contributed by atoms with Crippen molar-refractivity contribution in [1.29, 1.82) is 0 Å². The summed E-state index contributed by atoms with van der Waals surface area (Å²) in [5.74, 6) is 0. The van der Waals surface area contributed by atoms with Crippen LogP contribution in [0.5, 0.6) is 0 Å². The predicted molar refractivity (Wildman–Crippen MR) is 77.8 cm³/mol. The zero-order valence-corrected chi connectivity index (χ0v) is 13.0. The molecule has 0 aromatic carbocycles. The van der Waals surface area contributed by atoms with E-state index in [1.165, 1.54) is 0 Å². The maximum Gasteiger partial charge on any atom is 0.268 e. The predicted octanol–water partition coefficient (Wildman–Crippen LogP) is 2.26. The van der Waals surface area contributed by atoms with Gasteiger partial charge >= 0.3 is 0 Å². The zero-order valence-electron chi connectivity index (χ0n) is 11.4. The van der Waals surface area contributed by atoms with E-state index in [1.807, 2.05) is 0 Å². The lowest BCUT2D eigenvalue weighted by Crippen LogP contribution is -2.37. The Hall–Kier alpha value is -0.940. The number of hydrogen-bond donors (Lipinski definition) is 1. The number of aryl methyl sites for hydroxylation is 1. The second-order valence-electron chi connectivity index (χ2n) is 5.43. The van der Waals surface area contributed by atoms with Crippen LogP contribution in [0.1, 0.15) is 26.5 Å². The lowest BCUT2D eigenvalue weighted by Gasteiger charge is -2.21. The third-order valence-electron chi connectivity index (χ3n) is 2.42. The number of aromatic nitrogens is 2. The first kappa shape index (κ1) is 15.1. The van der Waals surface area contributed by atoms with Crippen LogP contribution in [-0.4, -0.2) is 21.6 Å². The van der Waals surface area contributed by atoms with E-state index in [1.54, 1.807) is 17.8 Å². The van der Waals surface area contributed by atoms with Gasteiger partial charge < -0.3 is 5.32 Å². The van der Waals surface area contributed by atoms with Gasteiger partial charge in [0.25, 0.3) is 5.56 Å². The van der Waals surface area contributed by atoms with Crippen molar-refractivity contribution in [3.63, 3.8) is 0 Å². The summed E-state index contributed by atoms with van der Waals surface area (Å²) in [5, 5.41) is 3.34. The van der Waals surface area contributed by atoms with Gasteiger partial charge in [0.2, 0.25) is 0 Å². The highest BCUT2D eigenvalue weighted by atomic mass is 79.9. The Balaban J connectivity index is 2.72. The van der Waals surface area contributed by atoms with Crippen molar-refractivity contribution in [2.75, 3.05) is 6.54 Å². The molecule has 18 heavy (non-hydrogen) atoms. The van der Waals surface area contributed by atoms with E-state index in [4.69, 9.17) is 0 Å². The minimum atomic E-state index is -0.0700. The molecule has 0 unspecified atom stereocenters. The van der Waals surface area contributed by atoms with Crippen molar-refractivity contribution in [2.24, 2.45) is 0 Å². The van der Waals surface area contributed by atoms with Crippen LogP contribution in [0.4, 0.5) is 0 Å². The number of hydrogen-bond acceptors (Lipinski definition) is 3. The van der Waals surface area contributed by atoms with Crippen molar-refractivity contribution in [3.05, 3.63) is 39.0 Å². The van der Waals surface area contributed by atoms with Gasteiger partial charge in [-0.05, 0) is 49.2 Å². The molecule has 0 saturated carbocycles. The molecular formula is C13H20BrN3O. The third kappa shape index (κ3) is 4.38. The second-order valence-corrected chi connectivity index (χ2v) is 6.22. The van der Waals surface area contributed by atoms with Gasteiger partial charge in [-0.3, -0.25) is 9.36 Å². The van der Waals surface area contributed by atoms with Crippen molar-refractivity contribution in [1.82, 2.24) is 14.9 Å². The average Bonchev–Trinajstić information content (AvgIpc) is 2.26. The standard InChI is InChI=1S/C13H20BrN3O/c1-9(6-16-13(3,4)5)7-17-8-15-10(2)11(14)12(17)18/h8,16H,1,6-7H2,2-5H3. The summed E-state index contributed by atoms with van der Waals surface area (Å²) in [7, 11) is 0. The summed E-state index contributed by atoms with van der Waals surface area (Å²) in [4.78, 5) is 16.1. The third-order valence-corrected chi connectivity index (χ3v) is 3.33. The summed E-state index contributed by atoms with van der Waals surface area (Å²) in [5.41, 5.74) is 1.62. The van der Waals surface area contributed by atoms with Crippen LogP contribution in [0.15, 0.2) is 27.7 Å². The molecule has 0 aliphatic carbocycles. The molecule has 0 aliphatic heterocycles. The maximum absolute atomic E-state index is 11.9. The molecule has 1 rings (SSSR count). The highest BCUT2D eigenvalue weighted by Gasteiger charge is 2.10. The number of nitrogens with one attached hydrogen (secondary N) is 1. The Morgan fingerprint density at radius 1 is 1.56 bits per heavy atom. The van der Waals surface area contributed by atoms with Crippen molar-refractivity contribution >= 4 is 15.9 Å². The van der Waals surface area contributed by atoms with Crippen LogP contribution in [0.25, 0.3) is 0 Å². The van der Waals surface area contributed by atoms with Crippen LogP contribution in [-0.2, 0) is 6.54 Å². The minimum Gasteiger partial charge on any atom is -0.308 e. The maximum atomic E-state index is 11.9. The lowest BCUT2D eigenvalue weighted by atomic mass is 10.1. The van der Waals surface area contributed by atoms with E-state index >= 15 is 0 Å². The SMILES string of the molecule is C=C(CNC(C)(C)C)Cn1cnc(C)c(Br)c1=O. The average molecular weight is 314 g/mol. The topological polar surface area (TPSA) is 46.9 Å². The zero-order chi connectivity index (χ0) is 13.9. The Bertz CT molecular complexity index is 500. The quantitative estimate of drug-likeness (QED) is 0.867. The highest BCUT2D eigenvalue weighted by molar-refractivity contribution is 9.10. The summed E-state index contributed by atoms with van der Waals surface area (Å²) in [6.07, 6.45) is 1.56. The van der Waals surface area contributed by atoms with Gasteiger partial charge in [-0.25, -0.2) is 4.98 Å². The molecule has 1 aromatic heterocycles. The second kappa shape index (κ2) is 5.80. The molecule has 1 heterocycles. The van der Waals surface area contributed by atoms with E-state index < -0.39 is 0 Å². The molecule has 4 nitrogen and oxygen atoms in total. The molecular weight excluding hydrogens is 294 g/mol. The molecule has 0 amide bonds. The fourth-order valence-corrected chi connectivity index (χ4v) is 1.68. The molecule has 0 fully saturated rings. The first-order valence-electron chi connectivity index (χ1n) is 5.84. The molecule has 0 radical (unpaired) electrons. The van der Waals surface area contributed by atoms with Gasteiger partial charge in [0.15, 0.2) is 0 Å². The van der Waals surface area contributed by atoms with Gasteiger partial charge in [0, 0.05) is 18.6 Å². The highest BCUT2D eigenvalue weighted by Crippen LogP contribution is 2.07. The smallest absolute Gasteiger partial charge is 0.268 e. The monoisotopic (exact) mass is 313 g/mol. The van der Waals surface area contributed by atoms with E-state index in [-0.39, 0.29) is 11.1 Å². The fraction of sp³-hybridized carbons (Fsp3) is 0.538. The molecule has 0 bridgehead atoms. The first-order chi connectivity index (χ1) is 8.20. The summed E-state index contributed by atoms with van der Waals surface area (Å²) in [6, 6.07) is 0. The largest absolute Gasteiger partial charge is 0.308 e. The van der Waals surface area contributed by atoms with Crippen molar-refractivity contribution in [3.8, 4) is 0 Å². The van der Waals surface area contributed by atoms with Crippen molar-refractivity contribution < 1.29 is 0 Å². The molecule has 0 atom stereocenters. The van der Waals surface area contributed by atoms with E-state index in [9.17, 15) is 4.79 Å². The lowest BCUT2D eigenvalue weighted by molar-refractivity contribution is 0.439.